The van der Waals surface area contributed by atoms with Crippen LogP contribution in [0.3, 0.4) is 0 Å². The molecule has 3 N–H and O–H groups in total. The van der Waals surface area contributed by atoms with Crippen LogP contribution in [0.15, 0.2) is 0 Å². The number of thiophene rings is 1. The number of sulfone groups is 1. The number of hydrogen-bond donors (Lipinski definition) is 2. The molecule has 1 aromatic heterocycles. The van der Waals surface area contributed by atoms with Gasteiger partial charge in [0.2, 0.25) is 0 Å². The lowest BCUT2D eigenvalue weighted by Crippen LogP contribution is -2.27. The van der Waals surface area contributed by atoms with Crippen molar-refractivity contribution in [1.82, 2.24) is 0 Å². The smallest absolute Gasteiger partial charge is 0.348 e. The van der Waals surface area contributed by atoms with Crippen molar-refractivity contribution in [3.8, 4) is 0 Å². The number of anilines is 1. The van der Waals surface area contributed by atoms with Crippen molar-refractivity contribution in [3.05, 3.63) is 15.3 Å². The lowest BCUT2D eigenvalue weighted by atomic mass is 10.1. The van der Waals surface area contributed by atoms with Gasteiger partial charge in [0.05, 0.1) is 5.69 Å². The Morgan fingerprint density at radius 1 is 1.41 bits per heavy atom. The van der Waals surface area contributed by atoms with E-state index in [4.69, 9.17) is 10.8 Å². The first kappa shape index (κ1) is 14.0. The third kappa shape index (κ3) is 2.16. The number of carbonyl (C=O) groups is 1. The summed E-state index contributed by atoms with van der Waals surface area (Å²) in [6, 6.07) is 0. The quantitative estimate of drug-likeness (QED) is 0.874. The van der Waals surface area contributed by atoms with Crippen molar-refractivity contribution >= 4 is 32.8 Å². The minimum Gasteiger partial charge on any atom is -0.477 e. The molecule has 1 heterocycles. The van der Waals surface area contributed by atoms with Crippen LogP contribution in [-0.2, 0) is 14.6 Å². The van der Waals surface area contributed by atoms with Gasteiger partial charge in [0, 0.05) is 11.1 Å². The minimum atomic E-state index is -3.35. The predicted octanol–water partition coefficient (Wildman–Crippen LogP) is 1.62. The molecule has 0 aliphatic heterocycles. The summed E-state index contributed by atoms with van der Waals surface area (Å²) in [5, 5.41) is 8.95. The monoisotopic (exact) mass is 277 g/mol. The van der Waals surface area contributed by atoms with Crippen LogP contribution in [-0.4, -0.2) is 25.7 Å². The van der Waals surface area contributed by atoms with Crippen LogP contribution in [0.25, 0.3) is 0 Å². The molecule has 0 saturated heterocycles. The highest BCUT2D eigenvalue weighted by Crippen LogP contribution is 2.41. The van der Waals surface area contributed by atoms with Crippen LogP contribution >= 0.6 is 11.3 Å². The molecule has 96 valence electrons. The topological polar surface area (TPSA) is 97.5 Å². The average Bonchev–Trinajstić information content (AvgIpc) is 2.42. The normalized spacial score (nSPS) is 12.7. The van der Waals surface area contributed by atoms with Crippen molar-refractivity contribution in [1.29, 1.82) is 0 Å². The Kier molecular flexibility index (Phi) is 3.28. The number of aromatic carboxylic acids is 1. The first-order valence-electron chi connectivity index (χ1n) is 4.82. The second-order valence-corrected chi connectivity index (χ2v) is 7.97. The number of carboxylic acid groups (broad SMARTS) is 1. The maximum Gasteiger partial charge on any atom is 0.348 e. The van der Waals surface area contributed by atoms with Crippen LogP contribution in [0.5, 0.6) is 0 Å². The van der Waals surface area contributed by atoms with E-state index >= 15 is 0 Å². The highest BCUT2D eigenvalue weighted by atomic mass is 32.2. The number of nitrogen functional groups attached to an aromatic ring is 1. The van der Waals surface area contributed by atoms with Gasteiger partial charge >= 0.3 is 5.97 Å². The second-order valence-electron chi connectivity index (χ2n) is 4.39. The highest BCUT2D eigenvalue weighted by Gasteiger charge is 2.37. The summed E-state index contributed by atoms with van der Waals surface area (Å²) in [6.07, 6.45) is 1.13. The second kappa shape index (κ2) is 3.99. The van der Waals surface area contributed by atoms with Crippen molar-refractivity contribution < 1.29 is 18.3 Å². The molecule has 0 aliphatic carbocycles. The molecule has 0 atom stereocenters. The minimum absolute atomic E-state index is 0.00535. The van der Waals surface area contributed by atoms with E-state index in [0.717, 1.165) is 17.6 Å². The molecular weight excluding hydrogens is 262 g/mol. The summed E-state index contributed by atoms with van der Waals surface area (Å²) >= 11 is 0.924. The summed E-state index contributed by atoms with van der Waals surface area (Å²) in [4.78, 5) is 11.4. The third-order valence-electron chi connectivity index (χ3n) is 2.86. The van der Waals surface area contributed by atoms with E-state index in [-0.39, 0.29) is 10.6 Å². The molecule has 1 aromatic rings. The van der Waals surface area contributed by atoms with E-state index in [1.807, 2.05) is 0 Å². The van der Waals surface area contributed by atoms with Crippen LogP contribution in [0.2, 0.25) is 0 Å². The molecule has 0 amide bonds. The molecule has 17 heavy (non-hydrogen) atoms. The molecule has 0 saturated carbocycles. The summed E-state index contributed by atoms with van der Waals surface area (Å²) in [5.41, 5.74) is 6.36. The summed E-state index contributed by atoms with van der Waals surface area (Å²) in [7, 11) is -3.35. The Balaban J connectivity index is 3.55. The Hall–Kier alpha value is -1.08. The van der Waals surface area contributed by atoms with Crippen molar-refractivity contribution in [2.75, 3.05) is 12.0 Å². The van der Waals surface area contributed by atoms with Gasteiger partial charge in [-0.05, 0) is 26.3 Å². The number of hydrogen-bond acceptors (Lipinski definition) is 5. The Morgan fingerprint density at radius 3 is 2.18 bits per heavy atom. The molecule has 0 spiro atoms. The van der Waals surface area contributed by atoms with Gasteiger partial charge in [-0.15, -0.1) is 11.3 Å². The van der Waals surface area contributed by atoms with E-state index in [0.29, 0.717) is 10.4 Å². The summed E-state index contributed by atoms with van der Waals surface area (Å²) in [5.74, 6) is -1.13. The molecule has 0 aromatic carbocycles. The van der Waals surface area contributed by atoms with Crippen molar-refractivity contribution in [2.45, 2.75) is 25.5 Å². The Bertz CT molecular complexity index is 569. The lowest BCUT2D eigenvalue weighted by Gasteiger charge is -2.22. The molecule has 1 rings (SSSR count). The van der Waals surface area contributed by atoms with E-state index in [1.165, 1.54) is 0 Å². The molecular formula is C10H15NO4S2. The highest BCUT2D eigenvalue weighted by molar-refractivity contribution is 7.91. The molecule has 0 radical (unpaired) electrons. The third-order valence-corrected chi connectivity index (χ3v) is 6.67. The lowest BCUT2D eigenvalue weighted by molar-refractivity contribution is 0.0703. The fourth-order valence-electron chi connectivity index (χ4n) is 1.43. The summed E-state index contributed by atoms with van der Waals surface area (Å²) < 4.78 is 22.3. The average molecular weight is 277 g/mol. The van der Waals surface area contributed by atoms with Gasteiger partial charge in [-0.1, -0.05) is 0 Å². The number of rotatable bonds is 3. The van der Waals surface area contributed by atoms with Gasteiger partial charge in [0.1, 0.15) is 9.62 Å². The van der Waals surface area contributed by atoms with Crippen LogP contribution in [0.4, 0.5) is 5.69 Å². The van der Waals surface area contributed by atoms with Gasteiger partial charge in [0.15, 0.2) is 9.84 Å². The summed E-state index contributed by atoms with van der Waals surface area (Å²) in [6.45, 7) is 4.74. The standard InChI is InChI=1S/C10H15NO4S2/c1-5-6(11)7(9(12)13)16-8(5)10(2,3)17(4,14)15/h11H2,1-4H3,(H,12,13). The first-order chi connectivity index (χ1) is 7.50. The molecule has 5 nitrogen and oxygen atoms in total. The van der Waals surface area contributed by atoms with Gasteiger partial charge in [0.25, 0.3) is 0 Å². The molecule has 0 aliphatic rings. The van der Waals surface area contributed by atoms with Crippen LogP contribution in [0.1, 0.15) is 34.0 Å². The molecule has 0 unspecified atom stereocenters. The van der Waals surface area contributed by atoms with Gasteiger partial charge in [-0.25, -0.2) is 13.2 Å². The van der Waals surface area contributed by atoms with Crippen molar-refractivity contribution in [3.63, 3.8) is 0 Å². The zero-order valence-electron chi connectivity index (χ0n) is 10.1. The van der Waals surface area contributed by atoms with Gasteiger partial charge < -0.3 is 10.8 Å². The predicted molar refractivity (Wildman–Crippen MR) is 68.3 cm³/mol. The van der Waals surface area contributed by atoms with E-state index in [1.54, 1.807) is 20.8 Å². The fourth-order valence-corrected chi connectivity index (χ4v) is 3.56. The maximum absolute atomic E-state index is 11.7. The fraction of sp³-hybridized carbons (Fsp3) is 0.500. The SMILES string of the molecule is Cc1c(C(C)(C)S(C)(=O)=O)sc(C(=O)O)c1N. The number of nitrogens with two attached hydrogens (primary N) is 1. The van der Waals surface area contributed by atoms with Gasteiger partial charge in [-0.2, -0.15) is 0 Å². The molecule has 0 bridgehead atoms. The van der Waals surface area contributed by atoms with E-state index in [2.05, 4.69) is 0 Å². The van der Waals surface area contributed by atoms with Crippen LogP contribution < -0.4 is 5.73 Å². The molecule has 7 heteroatoms. The first-order valence-corrected chi connectivity index (χ1v) is 7.53. The van der Waals surface area contributed by atoms with Crippen molar-refractivity contribution in [2.24, 2.45) is 0 Å². The maximum atomic E-state index is 11.7. The number of carboxylic acids is 1. The Labute approximate surface area is 104 Å². The van der Waals surface area contributed by atoms with Crippen LogP contribution in [0, 0.1) is 6.92 Å². The van der Waals surface area contributed by atoms with E-state index < -0.39 is 20.6 Å². The van der Waals surface area contributed by atoms with E-state index in [9.17, 15) is 13.2 Å². The van der Waals surface area contributed by atoms with Gasteiger partial charge in [-0.3, -0.25) is 0 Å². The molecule has 0 fully saturated rings. The Morgan fingerprint density at radius 2 is 1.88 bits per heavy atom. The zero-order valence-corrected chi connectivity index (χ0v) is 11.7. The zero-order chi connectivity index (χ0) is 13.6. The largest absolute Gasteiger partial charge is 0.477 e.